The number of ether oxygens (including phenoxy) is 6. The molecule has 53 heavy (non-hydrogen) atoms. The molecule has 0 aliphatic carbocycles. The molecule has 4 N–H and O–H groups in total. The lowest BCUT2D eigenvalue weighted by Crippen LogP contribution is -2.21. The van der Waals surface area contributed by atoms with E-state index in [0.717, 1.165) is 68.5 Å². The molecule has 0 saturated carbocycles. The van der Waals surface area contributed by atoms with Gasteiger partial charge in [-0.1, -0.05) is 0 Å². The molecule has 272 valence electrons. The minimum Gasteiger partial charge on any atom is -0.497 e. The Kier molecular flexibility index (Phi) is 11.9. The number of hydrogen-bond acceptors (Lipinski definition) is 10. The van der Waals surface area contributed by atoms with Gasteiger partial charge in [0.05, 0.1) is 39.8 Å². The van der Waals surface area contributed by atoms with Crippen LogP contribution in [0.25, 0.3) is 0 Å². The van der Waals surface area contributed by atoms with Gasteiger partial charge in [0, 0.05) is 34.1 Å². The summed E-state index contributed by atoms with van der Waals surface area (Å²) in [5, 5.41) is 13.9. The second-order valence-electron chi connectivity index (χ2n) is 12.1. The largest absolute Gasteiger partial charge is 0.497 e. The highest BCUT2D eigenvalue weighted by Gasteiger charge is 2.14. The van der Waals surface area contributed by atoms with Crippen molar-refractivity contribution in [3.05, 3.63) is 133 Å². The van der Waals surface area contributed by atoms with E-state index in [0.29, 0.717) is 11.5 Å². The van der Waals surface area contributed by atoms with Crippen molar-refractivity contribution in [1.29, 1.82) is 0 Å². The first kappa shape index (κ1) is 36.1. The summed E-state index contributed by atoms with van der Waals surface area (Å²) in [7, 11) is 6.61. The van der Waals surface area contributed by atoms with Gasteiger partial charge in [0.25, 0.3) is 0 Å². The van der Waals surface area contributed by atoms with Crippen molar-refractivity contribution in [2.24, 2.45) is 0 Å². The molecular weight excluding hydrogens is 668 g/mol. The summed E-state index contributed by atoms with van der Waals surface area (Å²) >= 11 is 0. The fourth-order valence-electron chi connectivity index (χ4n) is 5.44. The molecular formula is C43H44N4O6. The Morgan fingerprint density at radius 2 is 0.717 bits per heavy atom. The minimum absolute atomic E-state index is 0.288. The zero-order valence-electron chi connectivity index (χ0n) is 30.4. The molecule has 0 aromatic heterocycles. The first-order valence-corrected chi connectivity index (χ1v) is 17.1. The van der Waals surface area contributed by atoms with Crippen molar-refractivity contribution in [2.75, 3.05) is 56.3 Å². The highest BCUT2D eigenvalue weighted by molar-refractivity contribution is 5.75. The average molecular weight is 713 g/mol. The Bertz CT molecular complexity index is 2050. The van der Waals surface area contributed by atoms with Crippen molar-refractivity contribution in [3.8, 4) is 34.5 Å². The van der Waals surface area contributed by atoms with Crippen LogP contribution in [-0.2, 0) is 0 Å². The summed E-state index contributed by atoms with van der Waals surface area (Å²) < 4.78 is 34.2. The first-order valence-electron chi connectivity index (χ1n) is 17.1. The predicted molar refractivity (Wildman–Crippen MR) is 214 cm³/mol. The number of hydrogen-bond donors (Lipinski definition) is 4. The Balaban J connectivity index is 1.19. The van der Waals surface area contributed by atoms with Crippen LogP contribution in [0, 0.1) is 0 Å². The van der Waals surface area contributed by atoms with Gasteiger partial charge in [-0.3, -0.25) is 0 Å². The average Bonchev–Trinajstić information content (AvgIpc) is 3.20. The molecule has 0 radical (unpaired) electrons. The summed E-state index contributed by atoms with van der Waals surface area (Å²) in [6.45, 7) is 2.27. The number of methoxy groups -OCH3 is 4. The minimum atomic E-state index is -0.308. The third-order valence-corrected chi connectivity index (χ3v) is 8.26. The monoisotopic (exact) mass is 712 g/mol. The number of rotatable bonds is 17. The van der Waals surface area contributed by atoms with Crippen molar-refractivity contribution < 1.29 is 28.4 Å². The van der Waals surface area contributed by atoms with Gasteiger partial charge in [-0.15, -0.1) is 0 Å². The fourth-order valence-corrected chi connectivity index (χ4v) is 5.44. The Labute approximate surface area is 310 Å². The van der Waals surface area contributed by atoms with E-state index in [2.05, 4.69) is 21.3 Å². The second kappa shape index (κ2) is 17.5. The maximum absolute atomic E-state index is 6.51. The zero-order chi connectivity index (χ0) is 37.0. The highest BCUT2D eigenvalue weighted by atomic mass is 16.5. The van der Waals surface area contributed by atoms with Crippen molar-refractivity contribution in [2.45, 2.75) is 13.0 Å². The normalized spacial score (nSPS) is 11.1. The second-order valence-corrected chi connectivity index (χ2v) is 12.1. The number of anilines is 8. The summed E-state index contributed by atoms with van der Waals surface area (Å²) in [6.07, 6.45) is -0.308. The standard InChI is InChI=1S/C43H44N4O6/c1-29(53-43-25-15-35(45-31-8-18-37(49-3)19-9-31)27-41(43)47-33-12-22-39(51-5)23-13-33)28-52-42-24-14-34(44-30-6-16-36(48-2)17-7-30)26-40(42)46-32-10-20-38(50-4)21-11-32/h6-27,29,44-47H,28H2,1-5H3. The van der Waals surface area contributed by atoms with E-state index in [1.54, 1.807) is 28.4 Å². The molecule has 0 spiro atoms. The van der Waals surface area contributed by atoms with Crippen LogP contribution in [-0.4, -0.2) is 41.2 Å². The van der Waals surface area contributed by atoms with Crippen LogP contribution in [0.15, 0.2) is 133 Å². The predicted octanol–water partition coefficient (Wildman–Crippen LogP) is 10.5. The molecule has 0 aliphatic heterocycles. The molecule has 6 aromatic rings. The van der Waals surface area contributed by atoms with Crippen LogP contribution in [0.5, 0.6) is 34.5 Å². The molecule has 10 nitrogen and oxygen atoms in total. The smallest absolute Gasteiger partial charge is 0.143 e. The lowest BCUT2D eigenvalue weighted by atomic mass is 10.2. The van der Waals surface area contributed by atoms with Crippen LogP contribution >= 0.6 is 0 Å². The van der Waals surface area contributed by atoms with E-state index >= 15 is 0 Å². The Hall–Kier alpha value is -6.68. The van der Waals surface area contributed by atoms with Crippen molar-refractivity contribution >= 4 is 45.5 Å². The maximum Gasteiger partial charge on any atom is 0.143 e. The van der Waals surface area contributed by atoms with Gasteiger partial charge in [-0.25, -0.2) is 0 Å². The molecule has 0 aliphatic rings. The summed E-state index contributed by atoms with van der Waals surface area (Å²) in [5.74, 6) is 4.49. The topological polar surface area (TPSA) is 104 Å². The van der Waals surface area contributed by atoms with E-state index < -0.39 is 0 Å². The van der Waals surface area contributed by atoms with Crippen LogP contribution < -0.4 is 49.7 Å². The van der Waals surface area contributed by atoms with Crippen molar-refractivity contribution in [1.82, 2.24) is 0 Å². The molecule has 0 saturated heterocycles. The Morgan fingerprint density at radius 3 is 1.09 bits per heavy atom. The van der Waals surface area contributed by atoms with Gasteiger partial charge in [-0.05, 0) is 140 Å². The molecule has 1 unspecified atom stereocenters. The highest BCUT2D eigenvalue weighted by Crippen LogP contribution is 2.36. The van der Waals surface area contributed by atoms with Crippen LogP contribution in [0.3, 0.4) is 0 Å². The van der Waals surface area contributed by atoms with Gasteiger partial charge in [-0.2, -0.15) is 0 Å². The van der Waals surface area contributed by atoms with Crippen LogP contribution in [0.2, 0.25) is 0 Å². The van der Waals surface area contributed by atoms with E-state index in [1.807, 2.05) is 140 Å². The van der Waals surface area contributed by atoms with Gasteiger partial charge in [0.2, 0.25) is 0 Å². The first-order chi connectivity index (χ1) is 25.9. The third-order valence-electron chi connectivity index (χ3n) is 8.26. The van der Waals surface area contributed by atoms with Gasteiger partial charge >= 0.3 is 0 Å². The van der Waals surface area contributed by atoms with Crippen LogP contribution in [0.1, 0.15) is 6.92 Å². The molecule has 1 atom stereocenters. The van der Waals surface area contributed by atoms with Gasteiger partial charge in [0.15, 0.2) is 0 Å². The van der Waals surface area contributed by atoms with E-state index in [9.17, 15) is 0 Å². The van der Waals surface area contributed by atoms with Crippen LogP contribution in [0.4, 0.5) is 45.5 Å². The molecule has 10 heteroatoms. The lowest BCUT2D eigenvalue weighted by molar-refractivity contribution is 0.144. The fraction of sp³-hybridized carbons (Fsp3) is 0.163. The molecule has 6 aromatic carbocycles. The summed E-state index contributed by atoms with van der Waals surface area (Å²) in [6, 6.07) is 42.9. The quantitative estimate of drug-likeness (QED) is 0.0730. The van der Waals surface area contributed by atoms with Crippen molar-refractivity contribution in [3.63, 3.8) is 0 Å². The summed E-state index contributed by atoms with van der Waals surface area (Å²) in [5.41, 5.74) is 6.99. The van der Waals surface area contributed by atoms with E-state index in [-0.39, 0.29) is 12.7 Å². The van der Waals surface area contributed by atoms with E-state index in [1.165, 1.54) is 0 Å². The Morgan fingerprint density at radius 1 is 0.396 bits per heavy atom. The third kappa shape index (κ3) is 9.98. The molecule has 0 bridgehead atoms. The summed E-state index contributed by atoms with van der Waals surface area (Å²) in [4.78, 5) is 0. The van der Waals surface area contributed by atoms with Gasteiger partial charge < -0.3 is 49.7 Å². The van der Waals surface area contributed by atoms with Gasteiger partial charge in [0.1, 0.15) is 47.2 Å². The zero-order valence-corrected chi connectivity index (χ0v) is 30.4. The molecule has 0 fully saturated rings. The maximum atomic E-state index is 6.51. The molecule has 6 rings (SSSR count). The SMILES string of the molecule is COc1ccc(Nc2ccc(OCC(C)Oc3ccc(Nc4ccc(OC)cc4)cc3Nc3ccc(OC)cc3)c(Nc3ccc(OC)cc3)c2)cc1. The number of nitrogens with one attached hydrogen (secondary N) is 4. The molecule has 0 amide bonds. The molecule has 0 heterocycles. The van der Waals surface area contributed by atoms with E-state index in [4.69, 9.17) is 28.4 Å². The number of benzene rings is 6. The lowest BCUT2D eigenvalue weighted by Gasteiger charge is -2.21.